The van der Waals surface area contributed by atoms with E-state index in [1.54, 1.807) is 30.2 Å². The van der Waals surface area contributed by atoms with Crippen LogP contribution in [0.25, 0.3) is 0 Å². The van der Waals surface area contributed by atoms with Crippen LogP contribution < -0.4 is 10.1 Å². The maximum absolute atomic E-state index is 13.8. The SMILES string of the molecule is CCNC(=O)[C@H](CC)N(Cc1ccc(OC)cc1)C(=O)CSCc1ccccc1F. The van der Waals surface area contributed by atoms with Crippen molar-refractivity contribution in [2.24, 2.45) is 0 Å². The molecule has 0 aliphatic carbocycles. The lowest BCUT2D eigenvalue weighted by atomic mass is 10.1. The average molecular weight is 433 g/mol. The fraction of sp³-hybridized carbons (Fsp3) is 0.391. The van der Waals surface area contributed by atoms with Crippen molar-refractivity contribution in [3.8, 4) is 5.75 Å². The Kier molecular flexibility index (Phi) is 9.67. The van der Waals surface area contributed by atoms with Crippen LogP contribution in [-0.2, 0) is 21.9 Å². The number of nitrogens with one attached hydrogen (secondary N) is 1. The third-order valence-electron chi connectivity index (χ3n) is 4.69. The van der Waals surface area contributed by atoms with Crippen LogP contribution in [0.3, 0.4) is 0 Å². The lowest BCUT2D eigenvalue weighted by molar-refractivity contribution is -0.139. The van der Waals surface area contributed by atoms with Gasteiger partial charge in [0.25, 0.3) is 0 Å². The molecule has 162 valence electrons. The highest BCUT2D eigenvalue weighted by Gasteiger charge is 2.28. The van der Waals surface area contributed by atoms with Crippen molar-refractivity contribution in [1.82, 2.24) is 10.2 Å². The number of carbonyl (C=O) groups excluding carboxylic acids is 2. The zero-order valence-corrected chi connectivity index (χ0v) is 18.5. The van der Waals surface area contributed by atoms with Gasteiger partial charge in [0.2, 0.25) is 11.8 Å². The third kappa shape index (κ3) is 6.76. The molecular formula is C23H29FN2O3S. The van der Waals surface area contributed by atoms with Crippen LogP contribution >= 0.6 is 11.8 Å². The van der Waals surface area contributed by atoms with E-state index in [2.05, 4.69) is 5.32 Å². The number of benzene rings is 2. The number of likely N-dealkylation sites (N-methyl/N-ethyl adjacent to an activating group) is 1. The van der Waals surface area contributed by atoms with Crippen molar-refractivity contribution in [3.63, 3.8) is 0 Å². The smallest absolute Gasteiger partial charge is 0.242 e. The first-order chi connectivity index (χ1) is 14.5. The molecule has 0 radical (unpaired) electrons. The summed E-state index contributed by atoms with van der Waals surface area (Å²) in [5, 5.41) is 2.82. The lowest BCUT2D eigenvalue weighted by Crippen LogP contribution is -2.49. The van der Waals surface area contributed by atoms with Crippen LogP contribution in [0.15, 0.2) is 48.5 Å². The van der Waals surface area contributed by atoms with Gasteiger partial charge in [-0.3, -0.25) is 9.59 Å². The van der Waals surface area contributed by atoms with E-state index in [1.807, 2.05) is 38.1 Å². The minimum atomic E-state index is -0.561. The molecule has 5 nitrogen and oxygen atoms in total. The topological polar surface area (TPSA) is 58.6 Å². The number of carbonyl (C=O) groups is 2. The van der Waals surface area contributed by atoms with Crippen LogP contribution in [0.5, 0.6) is 5.75 Å². The normalized spacial score (nSPS) is 11.6. The Bertz CT molecular complexity index is 829. The summed E-state index contributed by atoms with van der Waals surface area (Å²) in [6, 6.07) is 13.4. The molecule has 0 bridgehead atoms. The fourth-order valence-corrected chi connectivity index (χ4v) is 3.98. The molecule has 30 heavy (non-hydrogen) atoms. The number of hydrogen-bond donors (Lipinski definition) is 1. The number of halogens is 1. The summed E-state index contributed by atoms with van der Waals surface area (Å²) < 4.78 is 19.0. The average Bonchev–Trinajstić information content (AvgIpc) is 2.75. The molecule has 0 fully saturated rings. The zero-order chi connectivity index (χ0) is 21.9. The first kappa shape index (κ1) is 23.7. The van der Waals surface area contributed by atoms with Crippen LogP contribution in [0.1, 0.15) is 31.4 Å². The second-order valence-corrected chi connectivity index (χ2v) is 7.76. The van der Waals surface area contributed by atoms with E-state index >= 15 is 0 Å². The monoisotopic (exact) mass is 432 g/mol. The lowest BCUT2D eigenvalue weighted by Gasteiger charge is -2.30. The Morgan fingerprint density at radius 1 is 1.13 bits per heavy atom. The molecule has 1 N–H and O–H groups in total. The minimum absolute atomic E-state index is 0.148. The molecule has 0 aliphatic heterocycles. The van der Waals surface area contributed by atoms with Crippen molar-refractivity contribution < 1.29 is 18.7 Å². The van der Waals surface area contributed by atoms with Crippen molar-refractivity contribution in [1.29, 1.82) is 0 Å². The predicted octanol–water partition coefficient (Wildman–Crippen LogP) is 4.01. The molecule has 0 aliphatic rings. The predicted molar refractivity (Wildman–Crippen MR) is 119 cm³/mol. The van der Waals surface area contributed by atoms with E-state index in [1.165, 1.54) is 17.8 Å². The first-order valence-corrected chi connectivity index (χ1v) is 11.2. The van der Waals surface area contributed by atoms with E-state index in [9.17, 15) is 14.0 Å². The molecule has 0 saturated carbocycles. The van der Waals surface area contributed by atoms with Crippen LogP contribution in [0.4, 0.5) is 4.39 Å². The van der Waals surface area contributed by atoms with E-state index in [-0.39, 0.29) is 23.4 Å². The fourth-order valence-electron chi connectivity index (χ4n) is 3.09. The maximum Gasteiger partial charge on any atom is 0.242 e. The Balaban J connectivity index is 2.12. The minimum Gasteiger partial charge on any atom is -0.497 e. The second kappa shape index (κ2) is 12.2. The highest BCUT2D eigenvalue weighted by molar-refractivity contribution is 7.99. The van der Waals surface area contributed by atoms with Crippen molar-refractivity contribution in [2.45, 2.75) is 38.6 Å². The highest BCUT2D eigenvalue weighted by atomic mass is 32.2. The maximum atomic E-state index is 13.8. The molecule has 0 heterocycles. The number of rotatable bonds is 11. The molecule has 0 saturated heterocycles. The largest absolute Gasteiger partial charge is 0.497 e. The van der Waals surface area contributed by atoms with Gasteiger partial charge in [0.05, 0.1) is 12.9 Å². The van der Waals surface area contributed by atoms with Crippen molar-refractivity contribution in [3.05, 3.63) is 65.5 Å². The van der Waals surface area contributed by atoms with Gasteiger partial charge in [-0.1, -0.05) is 37.3 Å². The molecule has 2 aromatic carbocycles. The Morgan fingerprint density at radius 3 is 2.43 bits per heavy atom. The van der Waals surface area contributed by atoms with Gasteiger partial charge in [0.1, 0.15) is 17.6 Å². The molecular weight excluding hydrogens is 403 g/mol. The highest BCUT2D eigenvalue weighted by Crippen LogP contribution is 2.20. The van der Waals surface area contributed by atoms with Crippen LogP contribution in [0.2, 0.25) is 0 Å². The van der Waals surface area contributed by atoms with Crippen LogP contribution in [0, 0.1) is 5.82 Å². The molecule has 1 atom stereocenters. The molecule has 7 heteroatoms. The van der Waals surface area contributed by atoms with Gasteiger partial charge in [-0.25, -0.2) is 4.39 Å². The zero-order valence-electron chi connectivity index (χ0n) is 17.7. The van der Waals surface area contributed by atoms with Gasteiger partial charge in [-0.2, -0.15) is 0 Å². The summed E-state index contributed by atoms with van der Waals surface area (Å²) in [6.07, 6.45) is 0.506. The van der Waals surface area contributed by atoms with Crippen LogP contribution in [-0.4, -0.2) is 42.2 Å². The van der Waals surface area contributed by atoms with E-state index in [0.717, 1.165) is 11.3 Å². The molecule has 0 aromatic heterocycles. The van der Waals surface area contributed by atoms with Gasteiger partial charge >= 0.3 is 0 Å². The van der Waals surface area contributed by atoms with E-state index in [4.69, 9.17) is 4.74 Å². The summed E-state index contributed by atoms with van der Waals surface area (Å²) in [6.45, 7) is 4.56. The number of thioether (sulfide) groups is 1. The van der Waals surface area contributed by atoms with Crippen molar-refractivity contribution in [2.75, 3.05) is 19.4 Å². The summed E-state index contributed by atoms with van der Waals surface area (Å²) in [5.41, 5.74) is 1.47. The number of hydrogen-bond acceptors (Lipinski definition) is 4. The number of methoxy groups -OCH3 is 1. The van der Waals surface area contributed by atoms with Gasteiger partial charge in [-0.05, 0) is 42.7 Å². The quantitative estimate of drug-likeness (QED) is 0.583. The molecule has 2 aromatic rings. The van der Waals surface area contributed by atoms with Gasteiger partial charge in [0, 0.05) is 18.8 Å². The molecule has 2 rings (SSSR count). The first-order valence-electron chi connectivity index (χ1n) is 10.0. The number of nitrogens with zero attached hydrogens (tertiary/aromatic N) is 1. The summed E-state index contributed by atoms with van der Waals surface area (Å²) in [7, 11) is 1.60. The second-order valence-electron chi connectivity index (χ2n) is 6.77. The molecule has 2 amide bonds. The standard InChI is InChI=1S/C23H29FN2O3S/c1-4-21(23(28)25-5-2)26(14-17-10-12-19(29-3)13-11-17)22(27)16-30-15-18-8-6-7-9-20(18)24/h6-13,21H,4-5,14-16H2,1-3H3,(H,25,28)/t21-/m0/s1. The Labute approximate surface area is 182 Å². The van der Waals surface area contributed by atoms with Crippen molar-refractivity contribution >= 4 is 23.6 Å². The molecule has 0 spiro atoms. The Morgan fingerprint density at radius 2 is 1.83 bits per heavy atom. The molecule has 0 unspecified atom stereocenters. The van der Waals surface area contributed by atoms with E-state index < -0.39 is 6.04 Å². The summed E-state index contributed by atoms with van der Waals surface area (Å²) in [5.74, 6) is 0.702. The Hall–Kier alpha value is -2.54. The summed E-state index contributed by atoms with van der Waals surface area (Å²) in [4.78, 5) is 27.2. The summed E-state index contributed by atoms with van der Waals surface area (Å²) >= 11 is 1.34. The number of ether oxygens (including phenoxy) is 1. The van der Waals surface area contributed by atoms with E-state index in [0.29, 0.717) is 30.8 Å². The third-order valence-corrected chi connectivity index (χ3v) is 5.66. The van der Waals surface area contributed by atoms with Gasteiger partial charge in [0.15, 0.2) is 0 Å². The van der Waals surface area contributed by atoms with Gasteiger partial charge < -0.3 is 15.0 Å². The number of amides is 2. The van der Waals surface area contributed by atoms with Gasteiger partial charge in [-0.15, -0.1) is 11.8 Å².